The molecule has 2 N–H and O–H groups in total. The van der Waals surface area contributed by atoms with Crippen LogP contribution >= 0.6 is 0 Å². The van der Waals surface area contributed by atoms with Crippen LogP contribution in [-0.4, -0.2) is 28.8 Å². The number of hydrogen-bond donors (Lipinski definition) is 2. The Balaban J connectivity index is 2.45. The Kier molecular flexibility index (Phi) is 23.3. The van der Waals surface area contributed by atoms with E-state index in [9.17, 15) is 9.59 Å². The second kappa shape index (κ2) is 25.9. The molecule has 40 heavy (non-hydrogen) atoms. The van der Waals surface area contributed by atoms with Crippen molar-refractivity contribution in [1.82, 2.24) is 0 Å². The van der Waals surface area contributed by atoms with Crippen LogP contribution in [0.2, 0.25) is 0 Å². The Morgan fingerprint density at radius 3 is 1.55 bits per heavy atom. The van der Waals surface area contributed by atoms with E-state index >= 15 is 0 Å². The van der Waals surface area contributed by atoms with Crippen molar-refractivity contribution in [2.24, 2.45) is 0 Å². The van der Waals surface area contributed by atoms with Gasteiger partial charge in [0.2, 0.25) is 0 Å². The predicted octanol–water partition coefficient (Wildman–Crippen LogP) is 10.3. The van der Waals surface area contributed by atoms with Crippen LogP contribution in [0.1, 0.15) is 166 Å². The largest absolute Gasteiger partial charge is 0.493 e. The molecule has 0 aliphatic carbocycles. The highest BCUT2D eigenvalue weighted by Crippen LogP contribution is 2.27. The van der Waals surface area contributed by atoms with Gasteiger partial charge in [-0.05, 0) is 62.1 Å². The lowest BCUT2D eigenvalue weighted by Gasteiger charge is -2.16. The van der Waals surface area contributed by atoms with Crippen LogP contribution in [-0.2, 0) is 22.4 Å². The van der Waals surface area contributed by atoms with Gasteiger partial charge < -0.3 is 14.9 Å². The molecule has 0 amide bonds. The van der Waals surface area contributed by atoms with E-state index in [0.29, 0.717) is 12.8 Å². The van der Waals surface area contributed by atoms with Gasteiger partial charge in [0, 0.05) is 12.8 Å². The van der Waals surface area contributed by atoms with E-state index in [1.165, 1.54) is 101 Å². The van der Waals surface area contributed by atoms with Crippen LogP contribution in [0.3, 0.4) is 0 Å². The highest BCUT2D eigenvalue weighted by molar-refractivity contribution is 5.66. The number of carbonyl (C=O) groups is 2. The minimum atomic E-state index is -0.684. The number of carboxylic acids is 2. The van der Waals surface area contributed by atoms with E-state index in [2.05, 4.69) is 25.1 Å². The molecular weight excluding hydrogens is 500 g/mol. The minimum absolute atomic E-state index is 0.297. The summed E-state index contributed by atoms with van der Waals surface area (Å²) in [6.07, 6.45) is 27.4. The normalized spacial score (nSPS) is 11.1. The Morgan fingerprint density at radius 2 is 1.02 bits per heavy atom. The van der Waals surface area contributed by atoms with Gasteiger partial charge in [-0.1, -0.05) is 122 Å². The average Bonchev–Trinajstić information content (AvgIpc) is 2.93. The molecule has 5 nitrogen and oxygen atoms in total. The summed E-state index contributed by atoms with van der Waals surface area (Å²) in [5.41, 5.74) is 2.87. The highest BCUT2D eigenvalue weighted by atomic mass is 16.5. The SMILES string of the molecule is CCCCCCCCCOc1cccc(CCCCCCCCCC(=O)O)c1CCCCCCCCCC(=O)O. The topological polar surface area (TPSA) is 83.8 Å². The molecule has 0 aliphatic heterocycles. The fraction of sp³-hybridized carbons (Fsp3) is 0.771. The molecule has 1 aromatic rings. The zero-order chi connectivity index (χ0) is 29.1. The van der Waals surface area contributed by atoms with Crippen LogP contribution in [0.4, 0.5) is 0 Å². The van der Waals surface area contributed by atoms with E-state index in [1.807, 2.05) is 0 Å². The van der Waals surface area contributed by atoms with E-state index < -0.39 is 11.9 Å². The number of aliphatic carboxylic acids is 2. The molecule has 1 aromatic carbocycles. The standard InChI is InChI=1S/C35H60O5/c1-2-3-4-5-12-17-22-30-40-33-27-23-25-31(24-18-13-8-6-10-15-20-28-34(36)37)32(33)26-19-14-9-7-11-16-21-29-35(38)39/h23,25,27H,2-22,24,26,28-30H2,1H3,(H,36,37)(H,38,39). The van der Waals surface area contributed by atoms with Crippen LogP contribution in [0, 0.1) is 0 Å². The molecule has 0 atom stereocenters. The number of aryl methyl sites for hydroxylation is 1. The molecule has 0 saturated carbocycles. The van der Waals surface area contributed by atoms with Crippen molar-refractivity contribution in [3.05, 3.63) is 29.3 Å². The molecule has 0 spiro atoms. The Morgan fingerprint density at radius 1 is 0.575 bits per heavy atom. The first-order chi connectivity index (χ1) is 19.5. The molecule has 0 saturated heterocycles. The molecule has 5 heteroatoms. The number of hydrogen-bond acceptors (Lipinski definition) is 3. The molecule has 0 radical (unpaired) electrons. The van der Waals surface area contributed by atoms with Gasteiger partial charge in [-0.3, -0.25) is 9.59 Å². The first-order valence-electron chi connectivity index (χ1n) is 16.7. The van der Waals surface area contributed by atoms with Crippen LogP contribution < -0.4 is 4.74 Å². The fourth-order valence-corrected chi connectivity index (χ4v) is 5.44. The summed E-state index contributed by atoms with van der Waals surface area (Å²) in [5, 5.41) is 17.5. The lowest BCUT2D eigenvalue weighted by Crippen LogP contribution is -2.04. The lowest BCUT2D eigenvalue weighted by atomic mass is 9.95. The first-order valence-corrected chi connectivity index (χ1v) is 16.7. The number of ether oxygens (including phenoxy) is 1. The third-order valence-corrected chi connectivity index (χ3v) is 7.89. The molecule has 0 unspecified atom stereocenters. The zero-order valence-electron chi connectivity index (χ0n) is 25.7. The van der Waals surface area contributed by atoms with E-state index in [1.54, 1.807) is 0 Å². The smallest absolute Gasteiger partial charge is 0.303 e. The molecule has 0 bridgehead atoms. The maximum Gasteiger partial charge on any atom is 0.303 e. The van der Waals surface area contributed by atoms with Gasteiger partial charge in [0.25, 0.3) is 0 Å². The number of rotatable bonds is 29. The number of unbranched alkanes of at least 4 members (excludes halogenated alkanes) is 18. The quantitative estimate of drug-likeness (QED) is 0.0952. The summed E-state index contributed by atoms with van der Waals surface area (Å²) in [7, 11) is 0. The van der Waals surface area contributed by atoms with Gasteiger partial charge in [0.1, 0.15) is 5.75 Å². The zero-order valence-corrected chi connectivity index (χ0v) is 25.7. The summed E-state index contributed by atoms with van der Waals surface area (Å²) < 4.78 is 6.36. The maximum atomic E-state index is 10.6. The predicted molar refractivity (Wildman–Crippen MR) is 166 cm³/mol. The van der Waals surface area contributed by atoms with Crippen molar-refractivity contribution in [3.63, 3.8) is 0 Å². The number of carboxylic acid groups (broad SMARTS) is 2. The molecule has 0 heterocycles. The van der Waals surface area contributed by atoms with Crippen molar-refractivity contribution >= 4 is 11.9 Å². The Bertz CT molecular complexity index is 760. The van der Waals surface area contributed by atoms with Gasteiger partial charge in [-0.2, -0.15) is 0 Å². The molecule has 0 aliphatic rings. The van der Waals surface area contributed by atoms with Crippen molar-refractivity contribution < 1.29 is 24.5 Å². The summed E-state index contributed by atoms with van der Waals surface area (Å²) in [6, 6.07) is 6.63. The molecule has 230 valence electrons. The summed E-state index contributed by atoms with van der Waals surface area (Å²) in [6.45, 7) is 3.07. The molecular formula is C35H60O5. The van der Waals surface area contributed by atoms with Crippen molar-refractivity contribution in [2.45, 2.75) is 167 Å². The van der Waals surface area contributed by atoms with Gasteiger partial charge >= 0.3 is 11.9 Å². The average molecular weight is 561 g/mol. The molecule has 0 aromatic heterocycles. The summed E-state index contributed by atoms with van der Waals surface area (Å²) in [5.74, 6) is -0.273. The van der Waals surface area contributed by atoms with Crippen LogP contribution in [0.15, 0.2) is 18.2 Å². The van der Waals surface area contributed by atoms with Gasteiger partial charge in [0.15, 0.2) is 0 Å². The minimum Gasteiger partial charge on any atom is -0.493 e. The first kappa shape index (κ1) is 36.0. The highest BCUT2D eigenvalue weighted by Gasteiger charge is 2.10. The number of benzene rings is 1. The lowest BCUT2D eigenvalue weighted by molar-refractivity contribution is -0.138. The Hall–Kier alpha value is -2.04. The van der Waals surface area contributed by atoms with Crippen molar-refractivity contribution in [2.75, 3.05) is 6.61 Å². The van der Waals surface area contributed by atoms with Crippen LogP contribution in [0.5, 0.6) is 5.75 Å². The maximum absolute atomic E-state index is 10.6. The van der Waals surface area contributed by atoms with Gasteiger partial charge in [-0.15, -0.1) is 0 Å². The van der Waals surface area contributed by atoms with Gasteiger partial charge in [-0.25, -0.2) is 0 Å². The monoisotopic (exact) mass is 560 g/mol. The van der Waals surface area contributed by atoms with E-state index in [4.69, 9.17) is 14.9 Å². The molecule has 1 rings (SSSR count). The second-order valence-electron chi connectivity index (χ2n) is 11.6. The summed E-state index contributed by atoms with van der Waals surface area (Å²) in [4.78, 5) is 21.3. The van der Waals surface area contributed by atoms with Gasteiger partial charge in [0.05, 0.1) is 6.61 Å². The van der Waals surface area contributed by atoms with Crippen LogP contribution in [0.25, 0.3) is 0 Å². The Labute approximate surface area is 245 Å². The van der Waals surface area contributed by atoms with Crippen molar-refractivity contribution in [1.29, 1.82) is 0 Å². The second-order valence-corrected chi connectivity index (χ2v) is 11.6. The van der Waals surface area contributed by atoms with Crippen molar-refractivity contribution in [3.8, 4) is 5.75 Å². The molecule has 0 fully saturated rings. The summed E-state index contributed by atoms with van der Waals surface area (Å²) >= 11 is 0. The third-order valence-electron chi connectivity index (χ3n) is 7.89. The third kappa shape index (κ3) is 20.8. The van der Waals surface area contributed by atoms with E-state index in [-0.39, 0.29) is 0 Å². The van der Waals surface area contributed by atoms with E-state index in [0.717, 1.165) is 70.1 Å². The fourth-order valence-electron chi connectivity index (χ4n) is 5.44.